The normalized spacial score (nSPS) is 23.8. The zero-order valence-corrected chi connectivity index (χ0v) is 13.1. The third kappa shape index (κ3) is 2.65. The molecule has 2 aliphatic rings. The third-order valence-corrected chi connectivity index (χ3v) is 5.58. The molecule has 1 aromatic rings. The second kappa shape index (κ2) is 5.52. The molecule has 0 aromatic heterocycles. The van der Waals surface area contributed by atoms with Crippen LogP contribution in [0.5, 0.6) is 0 Å². The van der Waals surface area contributed by atoms with Gasteiger partial charge < -0.3 is 5.32 Å². The van der Waals surface area contributed by atoms with Crippen LogP contribution < -0.4 is 5.32 Å². The van der Waals surface area contributed by atoms with Crippen molar-refractivity contribution >= 4 is 0 Å². The van der Waals surface area contributed by atoms with Gasteiger partial charge >= 0.3 is 0 Å². The Kier molecular flexibility index (Phi) is 3.90. The molecule has 1 aromatic carbocycles. The lowest BCUT2D eigenvalue weighted by molar-refractivity contribution is -0.0136. The summed E-state index contributed by atoms with van der Waals surface area (Å²) >= 11 is 0. The Morgan fingerprint density at radius 2 is 1.65 bits per heavy atom. The van der Waals surface area contributed by atoms with Crippen LogP contribution in [-0.4, -0.2) is 12.6 Å². The molecule has 2 fully saturated rings. The summed E-state index contributed by atoms with van der Waals surface area (Å²) in [6, 6.07) is 11.8. The van der Waals surface area contributed by atoms with Crippen molar-refractivity contribution in [3.63, 3.8) is 0 Å². The highest BCUT2D eigenvalue weighted by molar-refractivity contribution is 5.31. The van der Waals surface area contributed by atoms with Gasteiger partial charge in [-0.05, 0) is 36.7 Å². The average Bonchev–Trinajstić information content (AvgIpc) is 2.44. The van der Waals surface area contributed by atoms with E-state index in [1.807, 2.05) is 0 Å². The summed E-state index contributed by atoms with van der Waals surface area (Å²) in [5.41, 5.74) is 2.65. The minimum atomic E-state index is 0.406. The van der Waals surface area contributed by atoms with Crippen LogP contribution in [0.15, 0.2) is 30.3 Å². The molecular weight excluding hydrogens is 242 g/mol. The van der Waals surface area contributed by atoms with Crippen LogP contribution >= 0.6 is 0 Å². The smallest absolute Gasteiger partial charge is 0.00884 e. The number of rotatable bonds is 4. The van der Waals surface area contributed by atoms with Gasteiger partial charge in [-0.3, -0.25) is 0 Å². The Bertz CT molecular complexity index is 420. The fraction of sp³-hybridized carbons (Fsp3) is 0.684. The van der Waals surface area contributed by atoms with E-state index in [0.29, 0.717) is 16.9 Å². The fourth-order valence-corrected chi connectivity index (χ4v) is 4.66. The van der Waals surface area contributed by atoms with Gasteiger partial charge in [0.05, 0.1) is 0 Å². The first-order valence-corrected chi connectivity index (χ1v) is 8.43. The lowest BCUT2D eigenvalue weighted by Crippen LogP contribution is -2.56. The number of hydrogen-bond donors (Lipinski definition) is 1. The molecule has 2 saturated carbocycles. The Morgan fingerprint density at radius 3 is 2.25 bits per heavy atom. The van der Waals surface area contributed by atoms with Crippen molar-refractivity contribution in [2.45, 2.75) is 70.3 Å². The average molecular weight is 271 g/mol. The molecule has 0 aliphatic heterocycles. The van der Waals surface area contributed by atoms with E-state index in [2.05, 4.69) is 49.5 Å². The first kappa shape index (κ1) is 14.1. The monoisotopic (exact) mass is 271 g/mol. The van der Waals surface area contributed by atoms with Crippen LogP contribution in [0.3, 0.4) is 0 Å². The Hall–Kier alpha value is -0.820. The lowest BCUT2D eigenvalue weighted by Gasteiger charge is -2.59. The Morgan fingerprint density at radius 1 is 1.00 bits per heavy atom. The summed E-state index contributed by atoms with van der Waals surface area (Å²) in [6.45, 7) is 5.66. The van der Waals surface area contributed by atoms with Crippen LogP contribution in [0.1, 0.15) is 64.4 Å². The molecule has 0 radical (unpaired) electrons. The summed E-state index contributed by atoms with van der Waals surface area (Å²) in [5, 5.41) is 3.71. The molecule has 0 amide bonds. The summed E-state index contributed by atoms with van der Waals surface area (Å²) < 4.78 is 0. The number of benzene rings is 1. The van der Waals surface area contributed by atoms with Gasteiger partial charge in [0.15, 0.2) is 0 Å². The second-order valence-electron chi connectivity index (χ2n) is 7.60. The largest absolute Gasteiger partial charge is 0.314 e. The van der Waals surface area contributed by atoms with E-state index in [0.717, 1.165) is 6.54 Å². The van der Waals surface area contributed by atoms with Gasteiger partial charge in [0.2, 0.25) is 0 Å². The summed E-state index contributed by atoms with van der Waals surface area (Å²) in [4.78, 5) is 0. The molecule has 20 heavy (non-hydrogen) atoms. The number of nitrogens with one attached hydrogen (secondary N) is 1. The number of hydrogen-bond acceptors (Lipinski definition) is 1. The van der Waals surface area contributed by atoms with Gasteiger partial charge in [-0.15, -0.1) is 0 Å². The van der Waals surface area contributed by atoms with Gasteiger partial charge in [-0.1, -0.05) is 63.4 Å². The van der Waals surface area contributed by atoms with Crippen molar-refractivity contribution in [3.8, 4) is 0 Å². The van der Waals surface area contributed by atoms with E-state index < -0.39 is 0 Å². The van der Waals surface area contributed by atoms with E-state index in [4.69, 9.17) is 0 Å². The van der Waals surface area contributed by atoms with Crippen LogP contribution in [0.2, 0.25) is 0 Å². The zero-order valence-electron chi connectivity index (χ0n) is 13.1. The van der Waals surface area contributed by atoms with E-state index in [1.165, 1.54) is 44.9 Å². The predicted octanol–water partition coefficient (Wildman–Crippen LogP) is 4.67. The Balaban J connectivity index is 1.76. The molecule has 0 bridgehead atoms. The maximum Gasteiger partial charge on any atom is 0.00884 e. The molecule has 0 heterocycles. The van der Waals surface area contributed by atoms with E-state index in [1.54, 1.807) is 5.56 Å². The molecule has 0 saturated heterocycles. The van der Waals surface area contributed by atoms with Gasteiger partial charge in [0.25, 0.3) is 0 Å². The first-order chi connectivity index (χ1) is 9.64. The third-order valence-electron chi connectivity index (χ3n) is 5.58. The quantitative estimate of drug-likeness (QED) is 0.839. The highest BCUT2D eigenvalue weighted by Crippen LogP contribution is 2.61. The minimum absolute atomic E-state index is 0.406. The molecule has 0 unspecified atom stereocenters. The molecule has 1 spiro atoms. The highest BCUT2D eigenvalue weighted by atomic mass is 14.9. The van der Waals surface area contributed by atoms with Crippen LogP contribution in [0.25, 0.3) is 0 Å². The topological polar surface area (TPSA) is 12.0 Å². The molecule has 3 rings (SSSR count). The molecule has 2 aliphatic carbocycles. The summed E-state index contributed by atoms with van der Waals surface area (Å²) in [7, 11) is 0. The molecule has 110 valence electrons. The zero-order chi connectivity index (χ0) is 14.1. The highest BCUT2D eigenvalue weighted by Gasteiger charge is 2.54. The van der Waals surface area contributed by atoms with Crippen molar-refractivity contribution in [1.29, 1.82) is 0 Å². The van der Waals surface area contributed by atoms with Crippen molar-refractivity contribution in [2.24, 2.45) is 5.41 Å². The van der Waals surface area contributed by atoms with Gasteiger partial charge in [0, 0.05) is 18.0 Å². The molecule has 0 atom stereocenters. The summed E-state index contributed by atoms with van der Waals surface area (Å²) in [5.74, 6) is 0. The molecule has 1 nitrogen and oxygen atoms in total. The molecule has 1 heteroatoms. The maximum atomic E-state index is 3.71. The van der Waals surface area contributed by atoms with Crippen molar-refractivity contribution in [3.05, 3.63) is 35.9 Å². The van der Waals surface area contributed by atoms with E-state index in [-0.39, 0.29) is 0 Å². The lowest BCUT2D eigenvalue weighted by atomic mass is 9.46. The van der Waals surface area contributed by atoms with Gasteiger partial charge in [-0.2, -0.15) is 0 Å². The van der Waals surface area contributed by atoms with Gasteiger partial charge in [0.1, 0.15) is 0 Å². The first-order valence-electron chi connectivity index (χ1n) is 8.43. The summed E-state index contributed by atoms with van der Waals surface area (Å²) in [6.07, 6.45) is 10.1. The van der Waals surface area contributed by atoms with E-state index >= 15 is 0 Å². The SMILES string of the molecule is CC(C)NCC1(c2ccccc2)CC2(CCCCC2)C1. The van der Waals surface area contributed by atoms with Crippen molar-refractivity contribution in [2.75, 3.05) is 6.54 Å². The predicted molar refractivity (Wildman–Crippen MR) is 86.0 cm³/mol. The van der Waals surface area contributed by atoms with E-state index in [9.17, 15) is 0 Å². The molecule has 1 N–H and O–H groups in total. The van der Waals surface area contributed by atoms with Crippen molar-refractivity contribution < 1.29 is 0 Å². The van der Waals surface area contributed by atoms with Crippen molar-refractivity contribution in [1.82, 2.24) is 5.32 Å². The minimum Gasteiger partial charge on any atom is -0.314 e. The van der Waals surface area contributed by atoms with Crippen LogP contribution in [0.4, 0.5) is 0 Å². The van der Waals surface area contributed by atoms with Gasteiger partial charge in [-0.25, -0.2) is 0 Å². The van der Waals surface area contributed by atoms with Crippen LogP contribution in [-0.2, 0) is 5.41 Å². The molecular formula is C19H29N. The standard InChI is InChI=1S/C19H29N/c1-16(2)20-15-19(17-9-5-3-6-10-17)13-18(14-19)11-7-4-8-12-18/h3,5-6,9-10,16,20H,4,7-8,11-15H2,1-2H3. The Labute approximate surface area is 124 Å². The fourth-order valence-electron chi connectivity index (χ4n) is 4.66. The second-order valence-corrected chi connectivity index (χ2v) is 7.60. The van der Waals surface area contributed by atoms with Crippen LogP contribution in [0, 0.1) is 5.41 Å². The maximum absolute atomic E-state index is 3.71.